The van der Waals surface area contributed by atoms with E-state index in [2.05, 4.69) is 5.32 Å². The monoisotopic (exact) mass is 205 g/mol. The Morgan fingerprint density at radius 1 is 1.50 bits per heavy atom. The molecule has 0 aliphatic carbocycles. The van der Waals surface area contributed by atoms with Gasteiger partial charge in [-0.25, -0.2) is 0 Å². The van der Waals surface area contributed by atoms with Crippen LogP contribution in [-0.2, 0) is 4.79 Å². The van der Waals surface area contributed by atoms with E-state index in [4.69, 9.17) is 0 Å². The normalized spacial score (nSPS) is 12.4. The Morgan fingerprint density at radius 3 is 2.50 bits per heavy atom. The molecule has 0 radical (unpaired) electrons. The third kappa shape index (κ3) is 4.94. The lowest BCUT2D eigenvalue weighted by molar-refractivity contribution is -0.145. The molecule has 4 heteroatoms. The molecule has 0 bridgehead atoms. The first-order valence-corrected chi connectivity index (χ1v) is 4.67. The Balaban J connectivity index is 4.07. The van der Waals surface area contributed by atoms with Crippen molar-refractivity contribution in [3.8, 4) is 0 Å². The minimum absolute atomic E-state index is 0.177. The van der Waals surface area contributed by atoms with Crippen LogP contribution in [0.2, 0.25) is 0 Å². The van der Waals surface area contributed by atoms with Gasteiger partial charge in [-0.1, -0.05) is 26.0 Å². The first-order chi connectivity index (χ1) is 6.40. The van der Waals surface area contributed by atoms with Gasteiger partial charge in [0, 0.05) is 13.0 Å². The number of nitrogens with one attached hydrogen (secondary N) is 1. The van der Waals surface area contributed by atoms with E-state index in [0.29, 0.717) is 0 Å². The maximum absolute atomic E-state index is 13.0. The van der Waals surface area contributed by atoms with E-state index in [1.165, 1.54) is 12.2 Å². The van der Waals surface area contributed by atoms with Crippen molar-refractivity contribution in [2.75, 3.05) is 6.54 Å². The quantitative estimate of drug-likeness (QED) is 0.686. The van der Waals surface area contributed by atoms with Crippen molar-refractivity contribution in [3.05, 3.63) is 12.2 Å². The Labute approximate surface area is 83.4 Å². The number of rotatable bonds is 5. The van der Waals surface area contributed by atoms with Crippen LogP contribution in [0.5, 0.6) is 0 Å². The van der Waals surface area contributed by atoms with Crippen LogP contribution in [-0.4, -0.2) is 18.4 Å². The number of carbonyl (C=O) groups is 1. The Hall–Kier alpha value is -0.930. The zero-order chi connectivity index (χ0) is 11.2. The van der Waals surface area contributed by atoms with Gasteiger partial charge >= 0.3 is 5.92 Å². The Kier molecular flexibility index (Phi) is 5.35. The van der Waals surface area contributed by atoms with Gasteiger partial charge < -0.3 is 5.32 Å². The van der Waals surface area contributed by atoms with Gasteiger partial charge in [-0.3, -0.25) is 4.79 Å². The van der Waals surface area contributed by atoms with Crippen LogP contribution in [0.1, 0.15) is 27.2 Å². The van der Waals surface area contributed by atoms with Crippen molar-refractivity contribution < 1.29 is 13.6 Å². The molecule has 0 saturated carbocycles. The maximum atomic E-state index is 13.0. The van der Waals surface area contributed by atoms with Crippen molar-refractivity contribution in [1.29, 1.82) is 0 Å². The standard InChI is InChI=1S/C10H17F2NO/c1-4-5-6-10(11,12)9(14)13-7-8(2)3/h4-5,8H,6-7H2,1-3H3,(H,13,14)/b5-4+. The zero-order valence-corrected chi connectivity index (χ0v) is 8.81. The summed E-state index contributed by atoms with van der Waals surface area (Å²) in [6.07, 6.45) is 2.26. The lowest BCUT2D eigenvalue weighted by Gasteiger charge is -2.15. The molecule has 82 valence electrons. The average Bonchev–Trinajstić information content (AvgIpc) is 2.10. The SMILES string of the molecule is C/C=C/CC(F)(F)C(=O)NCC(C)C. The first kappa shape index (κ1) is 13.1. The number of allylic oxidation sites excluding steroid dienone is 2. The molecule has 0 aliphatic heterocycles. The lowest BCUT2D eigenvalue weighted by atomic mass is 10.2. The summed E-state index contributed by atoms with van der Waals surface area (Å²) < 4.78 is 26.0. The van der Waals surface area contributed by atoms with Gasteiger partial charge in [-0.05, 0) is 12.8 Å². The van der Waals surface area contributed by atoms with Gasteiger partial charge in [0.25, 0.3) is 5.91 Å². The number of amides is 1. The van der Waals surface area contributed by atoms with Gasteiger partial charge in [-0.15, -0.1) is 0 Å². The van der Waals surface area contributed by atoms with E-state index < -0.39 is 18.3 Å². The highest BCUT2D eigenvalue weighted by molar-refractivity contribution is 5.83. The summed E-state index contributed by atoms with van der Waals surface area (Å²) >= 11 is 0. The second-order valence-electron chi connectivity index (χ2n) is 3.58. The summed E-state index contributed by atoms with van der Waals surface area (Å²) in [5.74, 6) is -4.30. The highest BCUT2D eigenvalue weighted by Crippen LogP contribution is 2.18. The maximum Gasteiger partial charge on any atom is 0.327 e. The predicted octanol–water partition coefficient (Wildman–Crippen LogP) is 2.36. The summed E-state index contributed by atoms with van der Waals surface area (Å²) in [5, 5.41) is 2.21. The fourth-order valence-electron chi connectivity index (χ4n) is 0.785. The van der Waals surface area contributed by atoms with E-state index in [-0.39, 0.29) is 12.5 Å². The molecular weight excluding hydrogens is 188 g/mol. The molecule has 0 heterocycles. The Bertz CT molecular complexity index is 212. The molecule has 14 heavy (non-hydrogen) atoms. The van der Waals surface area contributed by atoms with E-state index >= 15 is 0 Å². The van der Waals surface area contributed by atoms with Gasteiger partial charge in [0.1, 0.15) is 0 Å². The second-order valence-corrected chi connectivity index (χ2v) is 3.58. The predicted molar refractivity (Wildman–Crippen MR) is 52.2 cm³/mol. The molecule has 0 saturated heterocycles. The topological polar surface area (TPSA) is 29.1 Å². The van der Waals surface area contributed by atoms with E-state index in [1.807, 2.05) is 13.8 Å². The number of halogens is 2. The summed E-state index contributed by atoms with van der Waals surface area (Å²) in [5.41, 5.74) is 0. The van der Waals surface area contributed by atoms with Crippen molar-refractivity contribution in [2.24, 2.45) is 5.92 Å². The molecule has 0 fully saturated rings. The minimum Gasteiger partial charge on any atom is -0.351 e. The number of hydrogen-bond donors (Lipinski definition) is 1. The van der Waals surface area contributed by atoms with Gasteiger partial charge in [0.05, 0.1) is 0 Å². The van der Waals surface area contributed by atoms with Crippen molar-refractivity contribution in [1.82, 2.24) is 5.32 Å². The number of hydrogen-bond acceptors (Lipinski definition) is 1. The van der Waals surface area contributed by atoms with Crippen LogP contribution in [0.25, 0.3) is 0 Å². The summed E-state index contributed by atoms with van der Waals surface area (Å²) in [7, 11) is 0. The molecule has 1 amide bonds. The summed E-state index contributed by atoms with van der Waals surface area (Å²) in [6.45, 7) is 5.63. The summed E-state index contributed by atoms with van der Waals surface area (Å²) in [6, 6.07) is 0. The van der Waals surface area contributed by atoms with Gasteiger partial charge in [-0.2, -0.15) is 8.78 Å². The third-order valence-corrected chi connectivity index (χ3v) is 1.61. The average molecular weight is 205 g/mol. The van der Waals surface area contributed by atoms with Crippen LogP contribution < -0.4 is 5.32 Å². The van der Waals surface area contributed by atoms with Crippen LogP contribution in [0.3, 0.4) is 0 Å². The third-order valence-electron chi connectivity index (χ3n) is 1.61. The fourth-order valence-corrected chi connectivity index (χ4v) is 0.785. The highest BCUT2D eigenvalue weighted by atomic mass is 19.3. The molecule has 0 aromatic rings. The number of carbonyl (C=O) groups excluding carboxylic acids is 1. The Morgan fingerprint density at radius 2 is 2.07 bits per heavy atom. The molecule has 1 N–H and O–H groups in total. The minimum atomic E-state index is -3.29. The second kappa shape index (κ2) is 5.73. The molecule has 0 aliphatic rings. The molecule has 0 aromatic heterocycles. The van der Waals surface area contributed by atoms with E-state index in [9.17, 15) is 13.6 Å². The molecule has 0 atom stereocenters. The van der Waals surface area contributed by atoms with Crippen LogP contribution in [0, 0.1) is 5.92 Å². The van der Waals surface area contributed by atoms with Gasteiger partial charge in [0.2, 0.25) is 0 Å². The van der Waals surface area contributed by atoms with Crippen molar-refractivity contribution in [2.45, 2.75) is 33.1 Å². The number of alkyl halides is 2. The highest BCUT2D eigenvalue weighted by Gasteiger charge is 2.36. The largest absolute Gasteiger partial charge is 0.351 e. The van der Waals surface area contributed by atoms with E-state index in [1.54, 1.807) is 6.92 Å². The zero-order valence-electron chi connectivity index (χ0n) is 8.81. The molecule has 0 aromatic carbocycles. The fraction of sp³-hybridized carbons (Fsp3) is 0.700. The molecule has 0 unspecified atom stereocenters. The van der Waals surface area contributed by atoms with Crippen LogP contribution >= 0.6 is 0 Å². The van der Waals surface area contributed by atoms with Crippen LogP contribution in [0.4, 0.5) is 8.78 Å². The van der Waals surface area contributed by atoms with E-state index in [0.717, 1.165) is 0 Å². The first-order valence-electron chi connectivity index (χ1n) is 4.67. The molecular formula is C10H17F2NO. The molecule has 2 nitrogen and oxygen atoms in total. The molecule has 0 rings (SSSR count). The van der Waals surface area contributed by atoms with Crippen molar-refractivity contribution in [3.63, 3.8) is 0 Å². The van der Waals surface area contributed by atoms with Crippen LogP contribution in [0.15, 0.2) is 12.2 Å². The smallest absolute Gasteiger partial charge is 0.327 e. The summed E-state index contributed by atoms with van der Waals surface area (Å²) in [4.78, 5) is 11.0. The molecule has 0 spiro atoms. The lowest BCUT2D eigenvalue weighted by Crippen LogP contribution is -2.41. The van der Waals surface area contributed by atoms with Crippen molar-refractivity contribution >= 4 is 5.91 Å². The van der Waals surface area contributed by atoms with Gasteiger partial charge in [0.15, 0.2) is 0 Å².